The number of hydrogen-bond donors (Lipinski definition) is 2. The lowest BCUT2D eigenvalue weighted by atomic mass is 9.91. The molecule has 22 heavy (non-hydrogen) atoms. The van der Waals surface area contributed by atoms with Crippen LogP contribution in [0, 0.1) is 0 Å². The molecule has 0 radical (unpaired) electrons. The number of H-pyrrole nitrogens is 1. The fourth-order valence-electron chi connectivity index (χ4n) is 3.31. The largest absolute Gasteiger partial charge is 0.317 e. The Bertz CT molecular complexity index is 859. The van der Waals surface area contributed by atoms with E-state index in [1.807, 2.05) is 12.1 Å². The Labute approximate surface area is 133 Å². The van der Waals surface area contributed by atoms with Crippen LogP contribution in [0.25, 0.3) is 21.9 Å². The third-order valence-electron chi connectivity index (χ3n) is 4.48. The normalized spacial score (nSPS) is 16.2. The summed E-state index contributed by atoms with van der Waals surface area (Å²) in [5, 5.41) is 5.78. The quantitative estimate of drug-likeness (QED) is 0.757. The lowest BCUT2D eigenvalue weighted by Crippen LogP contribution is -2.26. The molecule has 3 nitrogen and oxygen atoms in total. The molecule has 112 valence electrons. The van der Waals surface area contributed by atoms with Gasteiger partial charge in [0, 0.05) is 4.88 Å². The molecule has 4 rings (SSSR count). The molecule has 0 saturated carbocycles. The van der Waals surface area contributed by atoms with Crippen LogP contribution in [0.2, 0.25) is 0 Å². The van der Waals surface area contributed by atoms with E-state index in [1.165, 1.54) is 27.2 Å². The average molecular weight is 310 g/mol. The molecule has 2 aromatic carbocycles. The summed E-state index contributed by atoms with van der Waals surface area (Å²) >= 11 is 1.52. The third kappa shape index (κ3) is 2.38. The maximum Gasteiger partial charge on any atom is 0.266 e. The second kappa shape index (κ2) is 5.71. The van der Waals surface area contributed by atoms with Gasteiger partial charge in [0.1, 0.15) is 0 Å². The van der Waals surface area contributed by atoms with Crippen molar-refractivity contribution in [3.63, 3.8) is 0 Å². The predicted molar refractivity (Wildman–Crippen MR) is 92.7 cm³/mol. The van der Waals surface area contributed by atoms with Crippen LogP contribution in [0.15, 0.2) is 47.3 Å². The fourth-order valence-corrected chi connectivity index (χ4v) is 4.32. The van der Waals surface area contributed by atoms with Gasteiger partial charge in [-0.1, -0.05) is 47.9 Å². The summed E-state index contributed by atoms with van der Waals surface area (Å²) in [7, 11) is 0. The molecule has 0 atom stereocenters. The third-order valence-corrected chi connectivity index (χ3v) is 5.52. The van der Waals surface area contributed by atoms with E-state index in [4.69, 9.17) is 0 Å². The van der Waals surface area contributed by atoms with Crippen molar-refractivity contribution in [1.29, 1.82) is 0 Å². The molecular weight excluding hydrogens is 292 g/mol. The minimum Gasteiger partial charge on any atom is -0.317 e. The van der Waals surface area contributed by atoms with E-state index in [1.54, 1.807) is 0 Å². The van der Waals surface area contributed by atoms with E-state index in [-0.39, 0.29) is 5.56 Å². The van der Waals surface area contributed by atoms with Crippen molar-refractivity contribution in [1.82, 2.24) is 9.69 Å². The van der Waals surface area contributed by atoms with Crippen LogP contribution in [-0.4, -0.2) is 17.5 Å². The molecule has 4 heteroatoms. The van der Waals surface area contributed by atoms with Crippen molar-refractivity contribution < 1.29 is 0 Å². The van der Waals surface area contributed by atoms with Gasteiger partial charge in [0.2, 0.25) is 0 Å². The van der Waals surface area contributed by atoms with E-state index in [2.05, 4.69) is 40.0 Å². The Kier molecular flexibility index (Phi) is 3.56. The highest BCUT2D eigenvalue weighted by molar-refractivity contribution is 7.06. The second-order valence-electron chi connectivity index (χ2n) is 5.86. The highest BCUT2D eigenvalue weighted by Crippen LogP contribution is 2.35. The van der Waals surface area contributed by atoms with Crippen LogP contribution < -0.4 is 10.9 Å². The summed E-state index contributed by atoms with van der Waals surface area (Å²) in [4.78, 5) is 13.6. The molecule has 3 aromatic rings. The van der Waals surface area contributed by atoms with E-state index in [0.717, 1.165) is 37.1 Å². The summed E-state index contributed by atoms with van der Waals surface area (Å²) in [5.74, 6) is 0.492. The van der Waals surface area contributed by atoms with Gasteiger partial charge in [-0.2, -0.15) is 0 Å². The average Bonchev–Trinajstić information content (AvgIpc) is 2.97. The van der Waals surface area contributed by atoms with Crippen molar-refractivity contribution in [3.05, 3.63) is 57.7 Å². The standard InChI is InChI=1S/C18H18N2OS/c21-18-16(17(22-20-18)13-7-9-19-10-8-13)15-6-5-12-3-1-2-4-14(12)11-15/h1-6,11,13,19H,7-10H2,(H,20,21). The van der Waals surface area contributed by atoms with Gasteiger partial charge in [0.15, 0.2) is 0 Å². The van der Waals surface area contributed by atoms with Gasteiger partial charge in [-0.05, 0) is 54.3 Å². The second-order valence-corrected chi connectivity index (χ2v) is 6.71. The SMILES string of the molecule is O=c1[nH]sc(C2CCNCC2)c1-c1ccc2ccccc2c1. The summed E-state index contributed by atoms with van der Waals surface area (Å²) in [6, 6.07) is 14.6. The van der Waals surface area contributed by atoms with Crippen LogP contribution in [0.1, 0.15) is 23.6 Å². The Hall–Kier alpha value is -1.91. The molecular formula is C18H18N2OS. The number of benzene rings is 2. The zero-order valence-corrected chi connectivity index (χ0v) is 13.1. The van der Waals surface area contributed by atoms with Crippen molar-refractivity contribution in [2.24, 2.45) is 0 Å². The van der Waals surface area contributed by atoms with Crippen molar-refractivity contribution in [2.75, 3.05) is 13.1 Å². The van der Waals surface area contributed by atoms with Gasteiger partial charge in [-0.3, -0.25) is 9.17 Å². The van der Waals surface area contributed by atoms with Crippen LogP contribution in [0.4, 0.5) is 0 Å². The molecule has 1 fully saturated rings. The topological polar surface area (TPSA) is 44.9 Å². The van der Waals surface area contributed by atoms with Gasteiger partial charge in [-0.25, -0.2) is 0 Å². The first-order chi connectivity index (χ1) is 10.8. The number of hydrogen-bond acceptors (Lipinski definition) is 3. The van der Waals surface area contributed by atoms with Crippen molar-refractivity contribution in [2.45, 2.75) is 18.8 Å². The van der Waals surface area contributed by atoms with Gasteiger partial charge in [-0.15, -0.1) is 0 Å². The molecule has 2 N–H and O–H groups in total. The van der Waals surface area contributed by atoms with Gasteiger partial charge in [0.05, 0.1) is 5.56 Å². The smallest absolute Gasteiger partial charge is 0.266 e. The highest BCUT2D eigenvalue weighted by Gasteiger charge is 2.23. The minimum absolute atomic E-state index is 0.0498. The fraction of sp³-hybridized carbons (Fsp3) is 0.278. The summed E-state index contributed by atoms with van der Waals surface area (Å²) in [5.41, 5.74) is 1.96. The van der Waals surface area contributed by atoms with Crippen LogP contribution in [0.3, 0.4) is 0 Å². The van der Waals surface area contributed by atoms with Crippen LogP contribution in [0.5, 0.6) is 0 Å². The van der Waals surface area contributed by atoms with E-state index in [0.29, 0.717) is 5.92 Å². The first kappa shape index (κ1) is 13.7. The number of fused-ring (bicyclic) bond motifs is 1. The van der Waals surface area contributed by atoms with Gasteiger partial charge < -0.3 is 5.32 Å². The van der Waals surface area contributed by atoms with E-state index < -0.39 is 0 Å². The lowest BCUT2D eigenvalue weighted by molar-refractivity contribution is 0.465. The summed E-state index contributed by atoms with van der Waals surface area (Å²) < 4.78 is 2.95. The molecule has 0 bridgehead atoms. The van der Waals surface area contributed by atoms with Crippen LogP contribution in [-0.2, 0) is 0 Å². The molecule has 0 amide bonds. The Morgan fingerprint density at radius 3 is 2.59 bits per heavy atom. The maximum atomic E-state index is 12.4. The lowest BCUT2D eigenvalue weighted by Gasteiger charge is -2.22. The molecule has 1 saturated heterocycles. The van der Waals surface area contributed by atoms with E-state index >= 15 is 0 Å². The van der Waals surface area contributed by atoms with Gasteiger partial charge in [0.25, 0.3) is 5.56 Å². The van der Waals surface area contributed by atoms with Crippen LogP contribution >= 0.6 is 11.5 Å². The van der Waals surface area contributed by atoms with Gasteiger partial charge >= 0.3 is 0 Å². The van der Waals surface area contributed by atoms with E-state index in [9.17, 15) is 4.79 Å². The highest BCUT2D eigenvalue weighted by atomic mass is 32.1. The monoisotopic (exact) mass is 310 g/mol. The first-order valence-corrected chi connectivity index (χ1v) is 8.56. The van der Waals surface area contributed by atoms with Crippen molar-refractivity contribution >= 4 is 22.3 Å². The molecule has 1 aliphatic heterocycles. The molecule has 0 spiro atoms. The number of nitrogens with one attached hydrogen (secondary N) is 2. The number of aromatic nitrogens is 1. The number of rotatable bonds is 2. The molecule has 0 unspecified atom stereocenters. The Balaban J connectivity index is 1.83. The molecule has 1 aromatic heterocycles. The maximum absolute atomic E-state index is 12.4. The summed E-state index contributed by atoms with van der Waals surface area (Å²) in [6.07, 6.45) is 2.21. The predicted octanol–water partition coefficient (Wildman–Crippen LogP) is 3.72. The van der Waals surface area contributed by atoms with Crippen molar-refractivity contribution in [3.8, 4) is 11.1 Å². The molecule has 0 aliphatic carbocycles. The Morgan fingerprint density at radius 2 is 1.77 bits per heavy atom. The Morgan fingerprint density at radius 1 is 1.00 bits per heavy atom. The first-order valence-electron chi connectivity index (χ1n) is 7.74. The summed E-state index contributed by atoms with van der Waals surface area (Å²) in [6.45, 7) is 2.07. The molecule has 1 aliphatic rings. The zero-order valence-electron chi connectivity index (χ0n) is 12.3. The molecule has 2 heterocycles. The minimum atomic E-state index is 0.0498. The number of aromatic amines is 1. The number of piperidine rings is 1. The zero-order chi connectivity index (χ0) is 14.9.